The molecule has 0 spiro atoms. The predicted octanol–water partition coefficient (Wildman–Crippen LogP) is 2.14. The van der Waals surface area contributed by atoms with Gasteiger partial charge in [-0.1, -0.05) is 0 Å². The number of hydrogen-bond acceptors (Lipinski definition) is 4. The molecule has 136 valence electrons. The second kappa shape index (κ2) is 6.99. The summed E-state index contributed by atoms with van der Waals surface area (Å²) in [4.78, 5) is -0.121. The Balaban J connectivity index is 2.36. The SMILES string of the molecule is COC1CCN(S(=O)(=O)c2ccc(C(F)(F)F)cc2C)C(CN)C1. The number of halogens is 3. The third-order valence-electron chi connectivity index (χ3n) is 4.31. The van der Waals surface area contributed by atoms with Crippen LogP contribution in [0.3, 0.4) is 0 Å². The zero-order valence-electron chi connectivity index (χ0n) is 13.5. The van der Waals surface area contributed by atoms with E-state index < -0.39 is 27.8 Å². The van der Waals surface area contributed by atoms with Gasteiger partial charge in [-0.3, -0.25) is 0 Å². The Labute approximate surface area is 139 Å². The van der Waals surface area contributed by atoms with Crippen LogP contribution in [0.1, 0.15) is 24.0 Å². The van der Waals surface area contributed by atoms with Gasteiger partial charge in [0.05, 0.1) is 16.6 Å². The molecule has 0 aliphatic carbocycles. The van der Waals surface area contributed by atoms with Crippen LogP contribution in [0.2, 0.25) is 0 Å². The number of sulfonamides is 1. The lowest BCUT2D eigenvalue weighted by atomic mass is 10.0. The van der Waals surface area contributed by atoms with E-state index in [1.54, 1.807) is 7.11 Å². The fraction of sp³-hybridized carbons (Fsp3) is 0.600. The van der Waals surface area contributed by atoms with Gasteiger partial charge >= 0.3 is 6.18 Å². The Kier molecular flexibility index (Phi) is 5.58. The highest BCUT2D eigenvalue weighted by Gasteiger charge is 2.38. The van der Waals surface area contributed by atoms with E-state index in [9.17, 15) is 21.6 Å². The minimum absolute atomic E-state index is 0.0643. The van der Waals surface area contributed by atoms with Gasteiger partial charge in [0.25, 0.3) is 0 Å². The van der Waals surface area contributed by atoms with E-state index in [-0.39, 0.29) is 29.7 Å². The summed E-state index contributed by atoms with van der Waals surface area (Å²) < 4.78 is 70.6. The summed E-state index contributed by atoms with van der Waals surface area (Å²) in [5, 5.41) is 0. The molecule has 2 atom stereocenters. The van der Waals surface area contributed by atoms with Crippen LogP contribution in [0.4, 0.5) is 13.2 Å². The van der Waals surface area contributed by atoms with Crippen LogP contribution in [0.25, 0.3) is 0 Å². The summed E-state index contributed by atoms with van der Waals surface area (Å²) >= 11 is 0. The molecule has 0 radical (unpaired) electrons. The molecule has 0 amide bonds. The largest absolute Gasteiger partial charge is 0.416 e. The number of ether oxygens (including phenoxy) is 1. The number of aryl methyl sites for hydroxylation is 1. The molecule has 1 aliphatic rings. The van der Waals surface area contributed by atoms with Gasteiger partial charge in [0.15, 0.2) is 0 Å². The van der Waals surface area contributed by atoms with Crippen molar-refractivity contribution in [3.8, 4) is 0 Å². The topological polar surface area (TPSA) is 72.6 Å². The van der Waals surface area contributed by atoms with Gasteiger partial charge in [-0.25, -0.2) is 8.42 Å². The third kappa shape index (κ3) is 3.74. The van der Waals surface area contributed by atoms with Gasteiger partial charge in [-0.15, -0.1) is 0 Å². The number of piperidine rings is 1. The molecule has 0 aromatic heterocycles. The van der Waals surface area contributed by atoms with Crippen molar-refractivity contribution in [2.75, 3.05) is 20.2 Å². The Morgan fingerprint density at radius 1 is 1.38 bits per heavy atom. The van der Waals surface area contributed by atoms with Gasteiger partial charge in [0, 0.05) is 26.2 Å². The van der Waals surface area contributed by atoms with Gasteiger partial charge in [0.2, 0.25) is 10.0 Å². The number of rotatable bonds is 4. The van der Waals surface area contributed by atoms with Gasteiger partial charge in [-0.05, 0) is 43.5 Å². The Bertz CT molecular complexity index is 692. The van der Waals surface area contributed by atoms with Crippen molar-refractivity contribution in [3.05, 3.63) is 29.3 Å². The highest BCUT2D eigenvalue weighted by Crippen LogP contribution is 2.33. The molecule has 5 nitrogen and oxygen atoms in total. The van der Waals surface area contributed by atoms with Crippen LogP contribution in [-0.4, -0.2) is 45.1 Å². The minimum Gasteiger partial charge on any atom is -0.381 e. The van der Waals surface area contributed by atoms with Crippen LogP contribution >= 0.6 is 0 Å². The average molecular weight is 366 g/mol. The summed E-state index contributed by atoms with van der Waals surface area (Å²) in [5.41, 5.74) is 4.89. The fourth-order valence-electron chi connectivity index (χ4n) is 2.98. The van der Waals surface area contributed by atoms with Crippen molar-refractivity contribution in [1.29, 1.82) is 0 Å². The summed E-state index contributed by atoms with van der Waals surface area (Å²) in [6, 6.07) is 2.23. The highest BCUT2D eigenvalue weighted by atomic mass is 32.2. The van der Waals surface area contributed by atoms with E-state index in [2.05, 4.69) is 0 Å². The zero-order chi connectivity index (χ0) is 18.1. The summed E-state index contributed by atoms with van der Waals surface area (Å²) in [5.74, 6) is 0. The molecular weight excluding hydrogens is 345 g/mol. The van der Waals surface area contributed by atoms with E-state index in [0.29, 0.717) is 12.8 Å². The summed E-state index contributed by atoms with van der Waals surface area (Å²) in [7, 11) is -2.36. The lowest BCUT2D eigenvalue weighted by Crippen LogP contribution is -2.51. The van der Waals surface area contributed by atoms with Crippen molar-refractivity contribution < 1.29 is 26.3 Å². The maximum absolute atomic E-state index is 12.9. The van der Waals surface area contributed by atoms with Gasteiger partial charge in [-0.2, -0.15) is 17.5 Å². The molecular formula is C15H21F3N2O3S. The standard InChI is InChI=1S/C15H21F3N2O3S/c1-10-7-11(15(16,17)18)3-4-14(10)24(21,22)20-6-5-13(23-2)8-12(20)9-19/h3-4,7,12-13H,5-6,8-9,19H2,1-2H3. The first-order chi connectivity index (χ1) is 11.1. The normalized spacial score (nSPS) is 23.4. The first kappa shape index (κ1) is 19.2. The van der Waals surface area contributed by atoms with E-state index in [4.69, 9.17) is 10.5 Å². The Morgan fingerprint density at radius 3 is 2.54 bits per heavy atom. The Morgan fingerprint density at radius 2 is 2.04 bits per heavy atom. The smallest absolute Gasteiger partial charge is 0.381 e. The molecule has 9 heteroatoms. The van der Waals surface area contributed by atoms with E-state index >= 15 is 0 Å². The second-order valence-electron chi connectivity index (χ2n) is 5.87. The molecule has 0 saturated carbocycles. The number of methoxy groups -OCH3 is 1. The molecule has 0 bridgehead atoms. The number of nitrogens with zero attached hydrogens (tertiary/aromatic N) is 1. The Hall–Kier alpha value is -1.16. The van der Waals surface area contributed by atoms with E-state index in [1.807, 2.05) is 0 Å². The van der Waals surface area contributed by atoms with E-state index in [1.165, 1.54) is 11.2 Å². The highest BCUT2D eigenvalue weighted by molar-refractivity contribution is 7.89. The van der Waals surface area contributed by atoms with Gasteiger partial charge < -0.3 is 10.5 Å². The molecule has 2 unspecified atom stereocenters. The van der Waals surface area contributed by atoms with Crippen molar-refractivity contribution in [3.63, 3.8) is 0 Å². The maximum atomic E-state index is 12.9. The van der Waals surface area contributed by atoms with Crippen molar-refractivity contribution in [2.24, 2.45) is 5.73 Å². The quantitative estimate of drug-likeness (QED) is 0.886. The second-order valence-corrected chi connectivity index (χ2v) is 7.72. The predicted molar refractivity (Wildman–Crippen MR) is 82.9 cm³/mol. The molecule has 1 heterocycles. The fourth-order valence-corrected chi connectivity index (χ4v) is 4.85. The molecule has 2 rings (SSSR count). The van der Waals surface area contributed by atoms with Crippen molar-refractivity contribution >= 4 is 10.0 Å². The maximum Gasteiger partial charge on any atom is 0.416 e. The average Bonchev–Trinajstić information content (AvgIpc) is 2.52. The summed E-state index contributed by atoms with van der Waals surface area (Å²) in [6.45, 7) is 1.71. The van der Waals surface area contributed by atoms with Crippen LogP contribution in [0, 0.1) is 6.92 Å². The van der Waals surface area contributed by atoms with Crippen molar-refractivity contribution in [2.45, 2.75) is 43.0 Å². The summed E-state index contributed by atoms with van der Waals surface area (Å²) in [6.07, 6.45) is -3.60. The lowest BCUT2D eigenvalue weighted by molar-refractivity contribution is -0.137. The van der Waals surface area contributed by atoms with Crippen LogP contribution in [-0.2, 0) is 20.9 Å². The van der Waals surface area contributed by atoms with Crippen LogP contribution in [0.5, 0.6) is 0 Å². The number of alkyl halides is 3. The van der Waals surface area contributed by atoms with Crippen LogP contribution in [0.15, 0.2) is 23.1 Å². The molecule has 1 fully saturated rings. The molecule has 2 N–H and O–H groups in total. The molecule has 1 aromatic carbocycles. The van der Waals surface area contributed by atoms with E-state index in [0.717, 1.165) is 18.2 Å². The first-order valence-corrected chi connectivity index (χ1v) is 8.97. The molecule has 1 saturated heterocycles. The molecule has 1 aromatic rings. The zero-order valence-corrected chi connectivity index (χ0v) is 14.3. The number of hydrogen-bond donors (Lipinski definition) is 1. The number of benzene rings is 1. The number of nitrogens with two attached hydrogens (primary N) is 1. The first-order valence-electron chi connectivity index (χ1n) is 7.53. The molecule has 1 aliphatic heterocycles. The monoisotopic (exact) mass is 366 g/mol. The van der Waals surface area contributed by atoms with Crippen LogP contribution < -0.4 is 5.73 Å². The molecule has 24 heavy (non-hydrogen) atoms. The van der Waals surface area contributed by atoms with Gasteiger partial charge in [0.1, 0.15) is 0 Å². The minimum atomic E-state index is -4.51. The third-order valence-corrected chi connectivity index (χ3v) is 6.42. The lowest BCUT2D eigenvalue weighted by Gasteiger charge is -2.37. The van der Waals surface area contributed by atoms with Crippen molar-refractivity contribution in [1.82, 2.24) is 4.31 Å².